The molecule has 2 aliphatic rings. The van der Waals surface area contributed by atoms with E-state index < -0.39 is 86.8 Å². The zero-order valence-electron chi connectivity index (χ0n) is 40.3. The van der Waals surface area contributed by atoms with Crippen LogP contribution in [0.2, 0.25) is 0 Å². The number of carbonyl (C=O) groups is 1. The van der Waals surface area contributed by atoms with Gasteiger partial charge in [0.25, 0.3) is 0 Å². The lowest BCUT2D eigenvalue weighted by molar-refractivity contribution is -0.359. The van der Waals surface area contributed by atoms with E-state index in [0.29, 0.717) is 12.8 Å². The van der Waals surface area contributed by atoms with Crippen molar-refractivity contribution in [3.8, 4) is 0 Å². The van der Waals surface area contributed by atoms with Crippen LogP contribution in [0.1, 0.15) is 219 Å². The molecular formula is C50H97NO13. The van der Waals surface area contributed by atoms with Crippen molar-refractivity contribution in [1.29, 1.82) is 0 Å². The molecule has 2 heterocycles. The fraction of sp³-hybridized carbons (Fsp3) is 0.980. The van der Waals surface area contributed by atoms with Crippen LogP contribution in [0.15, 0.2) is 0 Å². The number of unbranched alkanes of at least 4 members (excludes halogenated alkanes) is 28. The van der Waals surface area contributed by atoms with E-state index in [1.54, 1.807) is 0 Å². The van der Waals surface area contributed by atoms with E-state index in [2.05, 4.69) is 19.2 Å². The van der Waals surface area contributed by atoms with Gasteiger partial charge in [-0.1, -0.05) is 200 Å². The minimum Gasteiger partial charge on any atom is -0.394 e. The SMILES string of the molecule is CCCCCCCCCCCCCCCCCCCCCCCC(=O)NC(COC1OC(CO)C(OC2OC(CO)C(O)C(O)C2O)C(O)C1O)C(O)CCCCCCCCCCC. The number of hydrogen-bond acceptors (Lipinski definition) is 13. The molecule has 0 saturated carbocycles. The Kier molecular flexibility index (Phi) is 35.0. The summed E-state index contributed by atoms with van der Waals surface area (Å²) < 4.78 is 22.7. The van der Waals surface area contributed by atoms with Gasteiger partial charge >= 0.3 is 0 Å². The third-order valence-corrected chi connectivity index (χ3v) is 13.3. The Morgan fingerprint density at radius 2 is 0.891 bits per heavy atom. The van der Waals surface area contributed by atoms with Crippen molar-refractivity contribution in [2.75, 3.05) is 19.8 Å². The van der Waals surface area contributed by atoms with E-state index in [-0.39, 0.29) is 12.5 Å². The molecule has 0 radical (unpaired) electrons. The Labute approximate surface area is 387 Å². The summed E-state index contributed by atoms with van der Waals surface area (Å²) in [7, 11) is 0. The third kappa shape index (κ3) is 24.8. The molecular weight excluding hydrogens is 823 g/mol. The summed E-state index contributed by atoms with van der Waals surface area (Å²) in [6.07, 6.45) is 21.2. The van der Waals surface area contributed by atoms with Crippen LogP contribution in [0.3, 0.4) is 0 Å². The van der Waals surface area contributed by atoms with Crippen molar-refractivity contribution in [3.05, 3.63) is 0 Å². The number of hydrogen-bond donors (Lipinski definition) is 9. The standard InChI is InChI=1S/C50H97NO13/c1-3-5-7-9-11-13-14-15-16-17-18-19-20-21-22-23-24-26-28-30-32-34-42(55)51-38(39(54)33-31-29-27-25-12-10-8-6-4-2)37-61-49-47(60)45(58)48(41(36-53)63-49)64-50-46(59)44(57)43(56)40(35-52)62-50/h38-41,43-50,52-54,56-60H,3-37H2,1-2H3,(H,51,55). The van der Waals surface area contributed by atoms with Crippen LogP contribution in [0, 0.1) is 0 Å². The second-order valence-electron chi connectivity index (χ2n) is 19.0. The van der Waals surface area contributed by atoms with Crippen molar-refractivity contribution < 1.29 is 64.6 Å². The van der Waals surface area contributed by atoms with Gasteiger partial charge in [-0.05, 0) is 12.8 Å². The molecule has 12 unspecified atom stereocenters. The van der Waals surface area contributed by atoms with Crippen LogP contribution >= 0.6 is 0 Å². The summed E-state index contributed by atoms with van der Waals surface area (Å²) >= 11 is 0. The van der Waals surface area contributed by atoms with Crippen molar-refractivity contribution in [2.45, 2.75) is 293 Å². The highest BCUT2D eigenvalue weighted by atomic mass is 16.7. The van der Waals surface area contributed by atoms with Crippen LogP contribution in [-0.4, -0.2) is 140 Å². The van der Waals surface area contributed by atoms with Crippen molar-refractivity contribution in [2.24, 2.45) is 0 Å². The van der Waals surface area contributed by atoms with Crippen LogP contribution < -0.4 is 5.32 Å². The molecule has 0 bridgehead atoms. The fourth-order valence-corrected chi connectivity index (χ4v) is 9.00. The quantitative estimate of drug-likeness (QED) is 0.0282. The Balaban J connectivity index is 1.74. The highest BCUT2D eigenvalue weighted by Gasteiger charge is 2.51. The van der Waals surface area contributed by atoms with Gasteiger partial charge in [-0.25, -0.2) is 0 Å². The lowest BCUT2D eigenvalue weighted by Crippen LogP contribution is -2.65. The van der Waals surface area contributed by atoms with E-state index in [1.807, 2.05) is 0 Å². The Hall–Kier alpha value is -1.01. The van der Waals surface area contributed by atoms with Gasteiger partial charge in [-0.15, -0.1) is 0 Å². The van der Waals surface area contributed by atoms with E-state index in [9.17, 15) is 45.6 Å². The molecule has 9 N–H and O–H groups in total. The van der Waals surface area contributed by atoms with Crippen molar-refractivity contribution in [3.63, 3.8) is 0 Å². The zero-order valence-corrected chi connectivity index (χ0v) is 40.3. The maximum absolute atomic E-state index is 13.2. The molecule has 2 fully saturated rings. The van der Waals surface area contributed by atoms with E-state index >= 15 is 0 Å². The molecule has 0 aromatic rings. The molecule has 0 aromatic heterocycles. The number of nitrogens with one attached hydrogen (secondary N) is 1. The fourth-order valence-electron chi connectivity index (χ4n) is 9.00. The molecule has 14 nitrogen and oxygen atoms in total. The Morgan fingerprint density at radius 3 is 1.33 bits per heavy atom. The molecule has 380 valence electrons. The minimum absolute atomic E-state index is 0.205. The first kappa shape index (κ1) is 59.1. The molecule has 0 spiro atoms. The second kappa shape index (κ2) is 37.9. The van der Waals surface area contributed by atoms with Gasteiger partial charge in [0.2, 0.25) is 5.91 Å². The highest BCUT2D eigenvalue weighted by Crippen LogP contribution is 2.30. The molecule has 0 aromatic carbocycles. The molecule has 14 heteroatoms. The number of aliphatic hydroxyl groups is 8. The second-order valence-corrected chi connectivity index (χ2v) is 19.0. The largest absolute Gasteiger partial charge is 0.394 e. The number of carbonyl (C=O) groups excluding carboxylic acids is 1. The maximum atomic E-state index is 13.2. The van der Waals surface area contributed by atoms with E-state index in [1.165, 1.54) is 141 Å². The summed E-state index contributed by atoms with van der Waals surface area (Å²) in [5, 5.41) is 86.7. The lowest BCUT2D eigenvalue weighted by Gasteiger charge is -2.46. The average molecular weight is 920 g/mol. The van der Waals surface area contributed by atoms with E-state index in [0.717, 1.165) is 51.4 Å². The molecule has 2 aliphatic heterocycles. The first-order chi connectivity index (χ1) is 31.1. The lowest BCUT2D eigenvalue weighted by atomic mass is 9.97. The predicted molar refractivity (Wildman–Crippen MR) is 249 cm³/mol. The molecule has 2 rings (SSSR count). The maximum Gasteiger partial charge on any atom is 0.220 e. The number of rotatable bonds is 41. The first-order valence-electron chi connectivity index (χ1n) is 26.3. The molecule has 2 saturated heterocycles. The monoisotopic (exact) mass is 920 g/mol. The number of aliphatic hydroxyl groups excluding tert-OH is 8. The average Bonchev–Trinajstić information content (AvgIpc) is 3.29. The Bertz CT molecular complexity index is 1090. The van der Waals surface area contributed by atoms with Crippen LogP contribution in [0.5, 0.6) is 0 Å². The van der Waals surface area contributed by atoms with Gasteiger partial charge in [-0.2, -0.15) is 0 Å². The first-order valence-corrected chi connectivity index (χ1v) is 26.3. The number of amides is 1. The van der Waals surface area contributed by atoms with Crippen LogP contribution in [-0.2, 0) is 23.7 Å². The summed E-state index contributed by atoms with van der Waals surface area (Å²) in [4.78, 5) is 13.2. The third-order valence-electron chi connectivity index (χ3n) is 13.3. The van der Waals surface area contributed by atoms with Crippen LogP contribution in [0.25, 0.3) is 0 Å². The van der Waals surface area contributed by atoms with Crippen LogP contribution in [0.4, 0.5) is 0 Å². The summed E-state index contributed by atoms with van der Waals surface area (Å²) in [5.74, 6) is -0.205. The molecule has 1 amide bonds. The highest BCUT2D eigenvalue weighted by molar-refractivity contribution is 5.76. The molecule has 64 heavy (non-hydrogen) atoms. The topological polar surface area (TPSA) is 228 Å². The van der Waals surface area contributed by atoms with Gasteiger partial charge in [0.05, 0.1) is 32.0 Å². The van der Waals surface area contributed by atoms with Gasteiger partial charge in [0.15, 0.2) is 12.6 Å². The zero-order chi connectivity index (χ0) is 46.8. The Morgan fingerprint density at radius 1 is 0.500 bits per heavy atom. The summed E-state index contributed by atoms with van der Waals surface area (Å²) in [5.41, 5.74) is 0. The van der Waals surface area contributed by atoms with E-state index in [4.69, 9.17) is 18.9 Å². The van der Waals surface area contributed by atoms with Gasteiger partial charge in [0, 0.05) is 6.42 Å². The van der Waals surface area contributed by atoms with Gasteiger partial charge in [0.1, 0.15) is 48.8 Å². The van der Waals surface area contributed by atoms with Crippen molar-refractivity contribution in [1.82, 2.24) is 5.32 Å². The van der Waals surface area contributed by atoms with Crippen molar-refractivity contribution >= 4 is 5.91 Å². The molecule has 12 atom stereocenters. The predicted octanol–water partition coefficient (Wildman–Crippen LogP) is 7.00. The summed E-state index contributed by atoms with van der Waals surface area (Å²) in [6.45, 7) is 2.84. The smallest absolute Gasteiger partial charge is 0.220 e. The number of ether oxygens (including phenoxy) is 4. The molecule has 0 aliphatic carbocycles. The van der Waals surface area contributed by atoms with Gasteiger partial charge in [-0.3, -0.25) is 4.79 Å². The minimum atomic E-state index is -1.78. The summed E-state index contributed by atoms with van der Waals surface area (Å²) in [6, 6.07) is -0.819. The normalized spacial score (nSPS) is 27.2. The van der Waals surface area contributed by atoms with Gasteiger partial charge < -0.3 is 65.1 Å².